The molecule has 1 atom stereocenters. The predicted molar refractivity (Wildman–Crippen MR) is 203 cm³/mol. The molecule has 0 fully saturated rings. The Balaban J connectivity index is 1.52. The number of rotatable bonds is 21. The highest BCUT2D eigenvalue weighted by atomic mass is 35.5. The second-order valence-corrected chi connectivity index (χ2v) is 13.7. The van der Waals surface area contributed by atoms with E-state index in [1.165, 1.54) is 13.1 Å². The van der Waals surface area contributed by atoms with Crippen LogP contribution in [-0.4, -0.2) is 87.1 Å². The zero-order valence-corrected chi connectivity index (χ0v) is 31.5. The fraction of sp³-hybridized carbons (Fsp3) is 0.359. The summed E-state index contributed by atoms with van der Waals surface area (Å²) in [4.78, 5) is 15.9. The number of carboxylic acids is 1. The Kier molecular flexibility index (Phi) is 15.4. The average molecular weight is 784 g/mol. The zero-order chi connectivity index (χ0) is 39.3. The highest BCUT2D eigenvalue weighted by Crippen LogP contribution is 2.39. The number of aromatic nitrogens is 1. The Labute approximate surface area is 323 Å². The van der Waals surface area contributed by atoms with Crippen LogP contribution < -0.4 is 24.8 Å². The number of aliphatic hydroxyl groups excluding tert-OH is 4. The van der Waals surface area contributed by atoms with Crippen molar-refractivity contribution in [2.75, 3.05) is 39.6 Å². The average Bonchev–Trinajstić information content (AvgIpc) is 3.18. The molecular formula is C39H44Cl2N4O9. The van der Waals surface area contributed by atoms with Gasteiger partial charge < -0.3 is 45.1 Å². The van der Waals surface area contributed by atoms with Gasteiger partial charge in [-0.3, -0.25) is 15.1 Å². The van der Waals surface area contributed by atoms with Gasteiger partial charge in [-0.25, -0.2) is 0 Å². The summed E-state index contributed by atoms with van der Waals surface area (Å²) in [6.07, 6.45) is 3.54. The van der Waals surface area contributed by atoms with Gasteiger partial charge >= 0.3 is 5.97 Å². The molecule has 0 bridgehead atoms. The number of halogens is 2. The van der Waals surface area contributed by atoms with Crippen LogP contribution in [0.4, 0.5) is 0 Å². The minimum Gasteiger partial charge on any atom is -0.492 e. The molecule has 0 spiro atoms. The highest BCUT2D eigenvalue weighted by molar-refractivity contribution is 6.35. The number of aliphatic hydroxyl groups is 4. The second-order valence-electron chi connectivity index (χ2n) is 12.9. The molecule has 0 amide bonds. The van der Waals surface area contributed by atoms with Crippen LogP contribution in [0.1, 0.15) is 41.2 Å². The maximum Gasteiger partial charge on any atom is 0.326 e. The first kappa shape index (κ1) is 42.3. The maximum absolute atomic E-state index is 11.8. The van der Waals surface area contributed by atoms with Crippen LogP contribution in [0.2, 0.25) is 10.0 Å². The van der Waals surface area contributed by atoms with Crippen molar-refractivity contribution in [2.45, 2.75) is 51.1 Å². The molecule has 1 aromatic heterocycles. The Bertz CT molecular complexity index is 1930. The fourth-order valence-electron chi connectivity index (χ4n) is 5.28. The quantitative estimate of drug-likeness (QED) is 0.0587. The largest absolute Gasteiger partial charge is 0.492 e. The standard InChI is InChI=1S/C39H44Cl2N4O9/c1-25-28(6-3-7-30(25)31-8-4-9-33(36(31)41)52-11-5-10-44-39(22-47,23-48)24-49)20-54-35-14-34(53-19-27-12-26(15-42)16-43-17-27)29(13-32(35)40)18-45-38(2,21-46)37(50)51/h3-4,6-9,12-14,16-17,44-49H,5,10-11,18-24H2,1-2H3,(H,50,51). The maximum atomic E-state index is 11.8. The van der Waals surface area contributed by atoms with Crippen LogP contribution in [0.5, 0.6) is 17.2 Å². The van der Waals surface area contributed by atoms with E-state index >= 15 is 0 Å². The van der Waals surface area contributed by atoms with Crippen molar-refractivity contribution in [3.05, 3.63) is 105 Å². The molecule has 7 N–H and O–H groups in total. The first-order chi connectivity index (χ1) is 25.9. The SMILES string of the molecule is Cc1c(COc2cc(OCc3cncc(C#N)c3)c(CNC(C)(CO)C(=O)O)cc2Cl)cccc1-c1cccc(OCCCNC(CO)(CO)CO)c1Cl. The Hall–Kier alpha value is -4.49. The van der Waals surface area contributed by atoms with Gasteiger partial charge in [0.25, 0.3) is 0 Å². The molecule has 54 heavy (non-hydrogen) atoms. The molecule has 1 unspecified atom stereocenters. The molecule has 0 saturated heterocycles. The zero-order valence-electron chi connectivity index (χ0n) is 29.9. The normalized spacial score (nSPS) is 12.5. The van der Waals surface area contributed by atoms with Gasteiger partial charge in [-0.15, -0.1) is 0 Å². The van der Waals surface area contributed by atoms with Crippen molar-refractivity contribution >= 4 is 29.2 Å². The van der Waals surface area contributed by atoms with Gasteiger partial charge in [0.2, 0.25) is 0 Å². The molecule has 0 aliphatic carbocycles. The third kappa shape index (κ3) is 10.6. The van der Waals surface area contributed by atoms with E-state index in [2.05, 4.69) is 15.6 Å². The van der Waals surface area contributed by atoms with Gasteiger partial charge in [0.15, 0.2) is 0 Å². The number of hydrogen-bond donors (Lipinski definition) is 7. The number of carboxylic acid groups (broad SMARTS) is 1. The molecule has 3 aromatic carbocycles. The lowest BCUT2D eigenvalue weighted by Crippen LogP contribution is -2.55. The van der Waals surface area contributed by atoms with Crippen molar-refractivity contribution in [1.82, 2.24) is 15.6 Å². The number of benzene rings is 3. The van der Waals surface area contributed by atoms with Crippen LogP contribution in [-0.2, 0) is 24.6 Å². The smallest absolute Gasteiger partial charge is 0.326 e. The van der Waals surface area contributed by atoms with Crippen LogP contribution in [0.25, 0.3) is 11.1 Å². The third-order valence-electron chi connectivity index (χ3n) is 8.96. The van der Waals surface area contributed by atoms with Crippen LogP contribution in [0.3, 0.4) is 0 Å². The highest BCUT2D eigenvalue weighted by Gasteiger charge is 2.32. The van der Waals surface area contributed by atoms with Crippen molar-refractivity contribution in [3.63, 3.8) is 0 Å². The van der Waals surface area contributed by atoms with Gasteiger partial charge in [0.1, 0.15) is 42.1 Å². The summed E-state index contributed by atoms with van der Waals surface area (Å²) in [5.74, 6) is -0.0905. The Morgan fingerprint density at radius 1 is 0.852 bits per heavy atom. The van der Waals surface area contributed by atoms with Crippen molar-refractivity contribution in [2.24, 2.45) is 0 Å². The fourth-order valence-corrected chi connectivity index (χ4v) is 5.80. The number of carbonyl (C=O) groups is 1. The predicted octanol–water partition coefficient (Wildman–Crippen LogP) is 4.39. The molecule has 0 saturated carbocycles. The number of nitriles is 1. The first-order valence-electron chi connectivity index (χ1n) is 17.0. The molecule has 15 heteroatoms. The molecule has 0 aliphatic rings. The number of nitrogens with zero attached hydrogens (tertiary/aromatic N) is 2. The topological polar surface area (TPSA) is 207 Å². The summed E-state index contributed by atoms with van der Waals surface area (Å²) in [6, 6.07) is 18.2. The number of hydrogen-bond acceptors (Lipinski definition) is 12. The lowest BCUT2D eigenvalue weighted by molar-refractivity contribution is -0.145. The van der Waals surface area contributed by atoms with Crippen LogP contribution in [0.15, 0.2) is 67.0 Å². The summed E-state index contributed by atoms with van der Waals surface area (Å²) in [5.41, 5.74) is 2.11. The number of pyridine rings is 1. The Morgan fingerprint density at radius 2 is 1.56 bits per heavy atom. The van der Waals surface area contributed by atoms with Crippen molar-refractivity contribution < 1.29 is 44.5 Å². The van der Waals surface area contributed by atoms with Crippen LogP contribution >= 0.6 is 23.2 Å². The molecule has 0 radical (unpaired) electrons. The van der Waals surface area contributed by atoms with E-state index in [1.54, 1.807) is 30.5 Å². The van der Waals surface area contributed by atoms with Gasteiger partial charge in [-0.05, 0) is 61.7 Å². The summed E-state index contributed by atoms with van der Waals surface area (Å²) < 4.78 is 18.3. The summed E-state index contributed by atoms with van der Waals surface area (Å²) >= 11 is 13.5. The minimum atomic E-state index is -1.62. The lowest BCUT2D eigenvalue weighted by Gasteiger charge is -2.28. The van der Waals surface area contributed by atoms with E-state index in [-0.39, 0.29) is 24.8 Å². The molecule has 1 heterocycles. The van der Waals surface area contributed by atoms with Gasteiger partial charge in [0, 0.05) is 41.7 Å². The molecule has 288 valence electrons. The van der Waals surface area contributed by atoms with E-state index in [1.807, 2.05) is 43.3 Å². The van der Waals surface area contributed by atoms with E-state index in [0.29, 0.717) is 58.5 Å². The van der Waals surface area contributed by atoms with Crippen LogP contribution in [0, 0.1) is 18.3 Å². The first-order valence-corrected chi connectivity index (χ1v) is 17.8. The number of ether oxygens (including phenoxy) is 3. The van der Waals surface area contributed by atoms with E-state index in [0.717, 1.165) is 22.3 Å². The number of nitrogens with one attached hydrogen (secondary N) is 2. The second kappa shape index (κ2) is 19.7. The summed E-state index contributed by atoms with van der Waals surface area (Å²) in [7, 11) is 0. The minimum absolute atomic E-state index is 0.00536. The van der Waals surface area contributed by atoms with Gasteiger partial charge in [-0.1, -0.05) is 53.5 Å². The van der Waals surface area contributed by atoms with Crippen molar-refractivity contribution in [1.29, 1.82) is 5.26 Å². The van der Waals surface area contributed by atoms with Crippen molar-refractivity contribution in [3.8, 4) is 34.4 Å². The number of aliphatic carboxylic acids is 1. The summed E-state index contributed by atoms with van der Waals surface area (Å²) in [6.45, 7) is 2.29. The molecule has 13 nitrogen and oxygen atoms in total. The monoisotopic (exact) mass is 782 g/mol. The lowest BCUT2D eigenvalue weighted by atomic mass is 9.96. The third-order valence-corrected chi connectivity index (χ3v) is 9.65. The molecule has 4 rings (SSSR count). The Morgan fingerprint density at radius 3 is 2.24 bits per heavy atom. The summed E-state index contributed by atoms with van der Waals surface area (Å²) in [5, 5.41) is 63.6. The molecular weight excluding hydrogens is 739 g/mol. The molecule has 0 aliphatic heterocycles. The van der Waals surface area contributed by atoms with Gasteiger partial charge in [0.05, 0.1) is 54.2 Å². The van der Waals surface area contributed by atoms with Gasteiger partial charge in [-0.2, -0.15) is 5.26 Å². The van der Waals surface area contributed by atoms with E-state index in [4.69, 9.17) is 37.4 Å². The molecule has 4 aromatic rings. The van der Waals surface area contributed by atoms with E-state index in [9.17, 15) is 35.6 Å². The van der Waals surface area contributed by atoms with E-state index < -0.39 is 43.5 Å².